The minimum atomic E-state index is -0.219. The molecule has 1 aromatic carbocycles. The maximum atomic E-state index is 12.3. The molecule has 0 aliphatic heterocycles. The van der Waals surface area contributed by atoms with Gasteiger partial charge in [0, 0.05) is 11.8 Å². The lowest BCUT2D eigenvalue weighted by molar-refractivity contribution is -0.113. The summed E-state index contributed by atoms with van der Waals surface area (Å²) in [5, 5.41) is 11.4. The Kier molecular flexibility index (Phi) is 5.57. The number of para-hydroxylation sites is 2. The fourth-order valence-corrected chi connectivity index (χ4v) is 3.26. The number of aromatic nitrogens is 4. The topological polar surface area (TPSA) is 101 Å². The Labute approximate surface area is 154 Å². The molecule has 3 rings (SSSR count). The second-order valence-electron chi connectivity index (χ2n) is 5.39. The van der Waals surface area contributed by atoms with Gasteiger partial charge in [0.2, 0.25) is 11.7 Å². The Morgan fingerprint density at radius 1 is 1.31 bits per heavy atom. The van der Waals surface area contributed by atoms with E-state index in [4.69, 9.17) is 4.74 Å². The quantitative estimate of drug-likeness (QED) is 0.615. The van der Waals surface area contributed by atoms with E-state index < -0.39 is 0 Å². The summed E-state index contributed by atoms with van der Waals surface area (Å²) >= 11 is 1.25. The molecule has 0 spiro atoms. The van der Waals surface area contributed by atoms with E-state index in [0.29, 0.717) is 35.4 Å². The van der Waals surface area contributed by atoms with Crippen LogP contribution in [-0.2, 0) is 11.2 Å². The first-order chi connectivity index (χ1) is 12.6. The van der Waals surface area contributed by atoms with Crippen LogP contribution >= 0.6 is 11.8 Å². The summed E-state index contributed by atoms with van der Waals surface area (Å²) in [7, 11) is 0. The van der Waals surface area contributed by atoms with Crippen LogP contribution in [0.5, 0.6) is 5.75 Å². The molecule has 1 amide bonds. The van der Waals surface area contributed by atoms with Crippen LogP contribution in [0.4, 0.5) is 5.69 Å². The zero-order chi connectivity index (χ0) is 18.5. The molecule has 8 nitrogen and oxygen atoms in total. The fourth-order valence-electron chi connectivity index (χ4n) is 2.49. The molecule has 26 heavy (non-hydrogen) atoms. The highest BCUT2D eigenvalue weighted by atomic mass is 32.2. The number of rotatable bonds is 7. The number of fused-ring (bicyclic) bond motifs is 1. The third-order valence-corrected chi connectivity index (χ3v) is 4.54. The first kappa shape index (κ1) is 18.0. The predicted molar refractivity (Wildman–Crippen MR) is 100.0 cm³/mol. The smallest absolute Gasteiger partial charge is 0.252 e. The SMILES string of the molecule is CCOc1ccccc1NC(=O)CSc1nnc2[nH]c(=O)cc(CC)n12. The van der Waals surface area contributed by atoms with Crippen LogP contribution in [0.25, 0.3) is 5.78 Å². The van der Waals surface area contributed by atoms with Crippen LogP contribution in [0, 0.1) is 0 Å². The lowest BCUT2D eigenvalue weighted by Gasteiger charge is -2.11. The second kappa shape index (κ2) is 8.05. The van der Waals surface area contributed by atoms with Gasteiger partial charge in [0.15, 0.2) is 5.16 Å². The summed E-state index contributed by atoms with van der Waals surface area (Å²) in [5.74, 6) is 0.983. The largest absolute Gasteiger partial charge is 0.492 e. The van der Waals surface area contributed by atoms with Gasteiger partial charge in [-0.15, -0.1) is 10.2 Å². The van der Waals surface area contributed by atoms with E-state index in [9.17, 15) is 9.59 Å². The number of nitrogens with zero attached hydrogens (tertiary/aromatic N) is 3. The van der Waals surface area contributed by atoms with Crippen molar-refractivity contribution in [2.75, 3.05) is 17.7 Å². The number of aromatic amines is 1. The molecule has 0 unspecified atom stereocenters. The molecule has 0 fully saturated rings. The van der Waals surface area contributed by atoms with Crippen molar-refractivity contribution in [1.29, 1.82) is 0 Å². The van der Waals surface area contributed by atoms with Gasteiger partial charge in [0.25, 0.3) is 5.56 Å². The van der Waals surface area contributed by atoms with Gasteiger partial charge >= 0.3 is 0 Å². The molecular formula is C17H19N5O3S. The molecule has 3 aromatic rings. The predicted octanol–water partition coefficient (Wildman–Crippen LogP) is 2.11. The number of hydrogen-bond acceptors (Lipinski definition) is 6. The number of anilines is 1. The van der Waals surface area contributed by atoms with Crippen LogP contribution in [0.1, 0.15) is 19.5 Å². The monoisotopic (exact) mass is 373 g/mol. The van der Waals surface area contributed by atoms with E-state index in [2.05, 4.69) is 20.5 Å². The number of ether oxygens (including phenoxy) is 1. The maximum Gasteiger partial charge on any atom is 0.252 e. The Hall–Kier alpha value is -2.81. The molecule has 0 aliphatic rings. The normalized spacial score (nSPS) is 10.8. The molecule has 2 heterocycles. The number of carbonyl (C=O) groups is 1. The van der Waals surface area contributed by atoms with E-state index >= 15 is 0 Å². The average molecular weight is 373 g/mol. The summed E-state index contributed by atoms with van der Waals surface area (Å²) in [6.07, 6.45) is 0.653. The van der Waals surface area contributed by atoms with Gasteiger partial charge in [-0.05, 0) is 25.5 Å². The maximum absolute atomic E-state index is 12.3. The van der Waals surface area contributed by atoms with Gasteiger partial charge < -0.3 is 10.1 Å². The third kappa shape index (κ3) is 3.88. The number of aryl methyl sites for hydroxylation is 1. The number of benzene rings is 1. The van der Waals surface area contributed by atoms with Crippen LogP contribution in [0.15, 0.2) is 40.3 Å². The molecule has 0 saturated carbocycles. The zero-order valence-corrected chi connectivity index (χ0v) is 15.3. The first-order valence-electron chi connectivity index (χ1n) is 8.24. The molecule has 136 valence electrons. The van der Waals surface area contributed by atoms with Crippen molar-refractivity contribution in [1.82, 2.24) is 19.6 Å². The Morgan fingerprint density at radius 2 is 2.12 bits per heavy atom. The van der Waals surface area contributed by atoms with Crippen LogP contribution in [0.3, 0.4) is 0 Å². The van der Waals surface area contributed by atoms with Crippen LogP contribution < -0.4 is 15.6 Å². The molecule has 2 N–H and O–H groups in total. The second-order valence-corrected chi connectivity index (χ2v) is 6.33. The van der Waals surface area contributed by atoms with E-state index in [1.807, 2.05) is 32.0 Å². The summed E-state index contributed by atoms with van der Waals surface area (Å²) in [6.45, 7) is 4.35. The molecular weight excluding hydrogens is 354 g/mol. The average Bonchev–Trinajstić information content (AvgIpc) is 3.04. The number of H-pyrrole nitrogens is 1. The molecule has 0 aliphatic carbocycles. The highest BCUT2D eigenvalue weighted by Gasteiger charge is 2.14. The number of amides is 1. The highest BCUT2D eigenvalue weighted by Crippen LogP contribution is 2.24. The number of nitrogens with one attached hydrogen (secondary N) is 2. The van der Waals surface area contributed by atoms with Crippen LogP contribution in [0.2, 0.25) is 0 Å². The van der Waals surface area contributed by atoms with Gasteiger partial charge in [-0.25, -0.2) is 0 Å². The van der Waals surface area contributed by atoms with Crippen molar-refractivity contribution in [3.63, 3.8) is 0 Å². The van der Waals surface area contributed by atoms with Gasteiger partial charge in [0.1, 0.15) is 5.75 Å². The van der Waals surface area contributed by atoms with Crippen molar-refractivity contribution in [2.24, 2.45) is 0 Å². The van der Waals surface area contributed by atoms with Crippen molar-refractivity contribution in [3.05, 3.63) is 46.4 Å². The van der Waals surface area contributed by atoms with Gasteiger partial charge in [0.05, 0.1) is 18.0 Å². The summed E-state index contributed by atoms with van der Waals surface area (Å²) in [6, 6.07) is 8.80. The van der Waals surface area contributed by atoms with Gasteiger partial charge in [-0.1, -0.05) is 30.8 Å². The number of hydrogen-bond donors (Lipinski definition) is 2. The molecule has 0 saturated heterocycles. The number of thioether (sulfide) groups is 1. The van der Waals surface area contributed by atoms with Crippen molar-refractivity contribution in [3.8, 4) is 5.75 Å². The summed E-state index contributed by atoms with van der Waals surface area (Å²) < 4.78 is 7.26. The Balaban J connectivity index is 1.73. The minimum Gasteiger partial charge on any atom is -0.492 e. The van der Waals surface area contributed by atoms with Crippen LogP contribution in [-0.4, -0.2) is 37.8 Å². The van der Waals surface area contributed by atoms with Crippen molar-refractivity contribution in [2.45, 2.75) is 25.4 Å². The minimum absolute atomic E-state index is 0.156. The summed E-state index contributed by atoms with van der Waals surface area (Å²) in [5.41, 5.74) is 1.20. The van der Waals surface area contributed by atoms with E-state index in [-0.39, 0.29) is 17.2 Å². The molecule has 2 aromatic heterocycles. The summed E-state index contributed by atoms with van der Waals surface area (Å²) in [4.78, 5) is 26.6. The Bertz CT molecular complexity index is 982. The first-order valence-corrected chi connectivity index (χ1v) is 9.22. The third-order valence-electron chi connectivity index (χ3n) is 3.61. The van der Waals surface area contributed by atoms with E-state index in [0.717, 1.165) is 5.69 Å². The van der Waals surface area contributed by atoms with E-state index in [1.165, 1.54) is 17.8 Å². The van der Waals surface area contributed by atoms with Crippen molar-refractivity contribution < 1.29 is 9.53 Å². The zero-order valence-electron chi connectivity index (χ0n) is 14.5. The highest BCUT2D eigenvalue weighted by molar-refractivity contribution is 7.99. The van der Waals surface area contributed by atoms with E-state index in [1.54, 1.807) is 10.5 Å². The van der Waals surface area contributed by atoms with Gasteiger partial charge in [-0.3, -0.25) is 19.0 Å². The lowest BCUT2D eigenvalue weighted by atomic mass is 10.3. The van der Waals surface area contributed by atoms with Gasteiger partial charge in [-0.2, -0.15) is 0 Å². The number of carbonyl (C=O) groups excluding carboxylic acids is 1. The molecule has 0 radical (unpaired) electrons. The fraction of sp³-hybridized carbons (Fsp3) is 0.294. The lowest BCUT2D eigenvalue weighted by Crippen LogP contribution is -2.16. The van der Waals surface area contributed by atoms with Crippen molar-refractivity contribution >= 4 is 29.1 Å². The molecule has 0 bridgehead atoms. The standard InChI is InChI=1S/C17H19N5O3S/c1-3-11-9-14(23)19-16-20-21-17(22(11)16)26-10-15(24)18-12-7-5-6-8-13(12)25-4-2/h5-9H,3-4,10H2,1-2H3,(H,18,24)(H,19,20,23). The molecule has 9 heteroatoms. The Morgan fingerprint density at radius 3 is 2.88 bits per heavy atom. The molecule has 0 atom stereocenters.